The number of rotatable bonds is 8. The predicted octanol–water partition coefficient (Wildman–Crippen LogP) is 4.36. The van der Waals surface area contributed by atoms with Crippen LogP contribution in [-0.4, -0.2) is 50.6 Å². The zero-order valence-electron chi connectivity index (χ0n) is 18.4. The molecule has 0 aromatic heterocycles. The number of amides is 1. The molecule has 0 radical (unpaired) electrons. The Hall–Kier alpha value is -3.16. The number of anilines is 1. The molecule has 0 aliphatic heterocycles. The summed E-state index contributed by atoms with van der Waals surface area (Å²) in [5.41, 5.74) is 1.79. The van der Waals surface area contributed by atoms with E-state index in [9.17, 15) is 9.59 Å². The molecule has 2 aromatic carbocycles. The lowest BCUT2D eigenvalue weighted by molar-refractivity contribution is -0.116. The second-order valence-electron chi connectivity index (χ2n) is 7.30. The molecule has 3 rings (SSSR count). The van der Waals surface area contributed by atoms with Gasteiger partial charge in [-0.1, -0.05) is 36.4 Å². The number of thiol groups is 1. The van der Waals surface area contributed by atoms with Crippen molar-refractivity contribution in [1.82, 2.24) is 10.2 Å². The maximum absolute atomic E-state index is 12.0. The molecule has 2 N–H and O–H groups in total. The Labute approximate surface area is 195 Å². The van der Waals surface area contributed by atoms with Gasteiger partial charge in [0.1, 0.15) is 0 Å². The number of carbonyl (C=O) groups is 2. The smallest absolute Gasteiger partial charge is 0.243 e. The van der Waals surface area contributed by atoms with E-state index < -0.39 is 0 Å². The Morgan fingerprint density at radius 1 is 1.19 bits per heavy atom. The minimum absolute atomic E-state index is 0.148. The summed E-state index contributed by atoms with van der Waals surface area (Å²) < 4.78 is 0. The second kappa shape index (κ2) is 14.0. The monoisotopic (exact) mass is 450 g/mol. The SMILES string of the molecule is CN(C=Nc1ccccc1C=O)CC(=O)Nc1ccc(S)cc1.CNCC1C=CC=CC1. The number of aliphatic imine (C=N–C) groups is 1. The molecule has 1 aliphatic carbocycles. The number of nitrogens with zero attached hydrogens (tertiary/aromatic N) is 2. The van der Waals surface area contributed by atoms with Crippen LogP contribution in [0.4, 0.5) is 11.4 Å². The fourth-order valence-electron chi connectivity index (χ4n) is 2.92. The van der Waals surface area contributed by atoms with Crippen molar-refractivity contribution >= 4 is 42.5 Å². The van der Waals surface area contributed by atoms with Crippen LogP contribution in [-0.2, 0) is 4.79 Å². The van der Waals surface area contributed by atoms with Crippen molar-refractivity contribution in [2.24, 2.45) is 10.9 Å². The third-order valence-electron chi connectivity index (χ3n) is 4.54. The minimum Gasteiger partial charge on any atom is -0.356 e. The number of allylic oxidation sites excluding steroid dienone is 3. The fraction of sp³-hybridized carbons (Fsp3) is 0.240. The van der Waals surface area contributed by atoms with E-state index in [1.54, 1.807) is 60.5 Å². The lowest BCUT2D eigenvalue weighted by Crippen LogP contribution is -2.29. The number of para-hydroxylation sites is 1. The van der Waals surface area contributed by atoms with Gasteiger partial charge < -0.3 is 15.5 Å². The van der Waals surface area contributed by atoms with Crippen molar-refractivity contribution in [1.29, 1.82) is 0 Å². The van der Waals surface area contributed by atoms with Crippen LogP contribution in [0.3, 0.4) is 0 Å². The largest absolute Gasteiger partial charge is 0.356 e. The Balaban J connectivity index is 0.000000336. The standard InChI is InChI=1S/C17H17N3O2S.C8H13N/c1-20(12-18-16-5-3-2-4-13(16)11-21)10-17(22)19-14-6-8-15(23)9-7-14;1-9-7-8-5-3-2-4-6-8/h2-9,11-12,23H,10H2,1H3,(H,19,22);2-5,8-9H,6-7H2,1H3. The van der Waals surface area contributed by atoms with Crippen LogP contribution in [0.5, 0.6) is 0 Å². The lowest BCUT2D eigenvalue weighted by Gasteiger charge is -2.13. The van der Waals surface area contributed by atoms with Gasteiger partial charge in [0.05, 0.1) is 18.6 Å². The third kappa shape index (κ3) is 9.32. The summed E-state index contributed by atoms with van der Waals surface area (Å²) in [6, 6.07) is 14.2. The van der Waals surface area contributed by atoms with Gasteiger partial charge in [-0.3, -0.25) is 9.59 Å². The van der Waals surface area contributed by atoms with Crippen molar-refractivity contribution in [3.63, 3.8) is 0 Å². The summed E-state index contributed by atoms with van der Waals surface area (Å²) >= 11 is 4.19. The highest BCUT2D eigenvalue weighted by Gasteiger charge is 2.05. The van der Waals surface area contributed by atoms with E-state index in [4.69, 9.17) is 0 Å². The quantitative estimate of drug-likeness (QED) is 0.242. The molecule has 1 unspecified atom stereocenters. The van der Waals surface area contributed by atoms with E-state index in [1.165, 1.54) is 12.8 Å². The molecule has 168 valence electrons. The van der Waals surface area contributed by atoms with Crippen LogP contribution in [0.2, 0.25) is 0 Å². The summed E-state index contributed by atoms with van der Waals surface area (Å²) in [7, 11) is 3.73. The van der Waals surface area contributed by atoms with Gasteiger partial charge in [-0.25, -0.2) is 4.99 Å². The number of hydrogen-bond donors (Lipinski definition) is 3. The van der Waals surface area contributed by atoms with Gasteiger partial charge in [0.2, 0.25) is 5.91 Å². The van der Waals surface area contributed by atoms with Crippen LogP contribution < -0.4 is 10.6 Å². The maximum atomic E-state index is 12.0. The molecule has 32 heavy (non-hydrogen) atoms. The molecule has 0 heterocycles. The summed E-state index contributed by atoms with van der Waals surface area (Å²) in [6.45, 7) is 1.25. The van der Waals surface area contributed by atoms with E-state index >= 15 is 0 Å². The first kappa shape index (κ1) is 25.1. The van der Waals surface area contributed by atoms with Gasteiger partial charge in [0.15, 0.2) is 6.29 Å². The van der Waals surface area contributed by atoms with Gasteiger partial charge in [0, 0.05) is 29.7 Å². The summed E-state index contributed by atoms with van der Waals surface area (Å²) in [4.78, 5) is 29.6. The molecule has 0 spiro atoms. The molecule has 0 fully saturated rings. The molecule has 6 nitrogen and oxygen atoms in total. The predicted molar refractivity (Wildman–Crippen MR) is 135 cm³/mol. The molecule has 7 heteroatoms. The van der Waals surface area contributed by atoms with Crippen molar-refractivity contribution in [3.8, 4) is 0 Å². The molecule has 2 aromatic rings. The average molecular weight is 451 g/mol. The van der Waals surface area contributed by atoms with Gasteiger partial charge in [0.25, 0.3) is 0 Å². The first-order valence-electron chi connectivity index (χ1n) is 10.4. The first-order valence-corrected chi connectivity index (χ1v) is 10.8. The van der Waals surface area contributed by atoms with Crippen LogP contribution in [0.1, 0.15) is 16.8 Å². The van der Waals surface area contributed by atoms with E-state index in [1.807, 2.05) is 7.05 Å². The number of benzene rings is 2. The zero-order valence-corrected chi connectivity index (χ0v) is 19.3. The van der Waals surface area contributed by atoms with Crippen molar-refractivity contribution in [2.75, 3.05) is 32.5 Å². The highest BCUT2D eigenvalue weighted by molar-refractivity contribution is 7.80. The van der Waals surface area contributed by atoms with Crippen LogP contribution in [0, 0.1) is 5.92 Å². The van der Waals surface area contributed by atoms with Crippen molar-refractivity contribution in [3.05, 3.63) is 78.4 Å². The number of carbonyl (C=O) groups excluding carboxylic acids is 2. The Morgan fingerprint density at radius 3 is 2.59 bits per heavy atom. The zero-order chi connectivity index (χ0) is 23.2. The molecule has 0 bridgehead atoms. The normalized spacial score (nSPS) is 14.5. The lowest BCUT2D eigenvalue weighted by atomic mass is 10.0. The van der Waals surface area contributed by atoms with Crippen LogP contribution in [0.25, 0.3) is 0 Å². The summed E-state index contributed by atoms with van der Waals surface area (Å²) in [6.07, 6.45) is 12.1. The topological polar surface area (TPSA) is 73.8 Å². The van der Waals surface area contributed by atoms with Gasteiger partial charge in [-0.2, -0.15) is 0 Å². The van der Waals surface area contributed by atoms with Crippen LogP contribution in [0.15, 0.2) is 82.7 Å². The maximum Gasteiger partial charge on any atom is 0.243 e. The number of aldehydes is 1. The molecule has 1 aliphatic rings. The van der Waals surface area contributed by atoms with Gasteiger partial charge >= 0.3 is 0 Å². The highest BCUT2D eigenvalue weighted by atomic mass is 32.1. The fourth-order valence-corrected chi connectivity index (χ4v) is 3.07. The minimum atomic E-state index is -0.158. The van der Waals surface area contributed by atoms with Crippen molar-refractivity contribution < 1.29 is 9.59 Å². The van der Waals surface area contributed by atoms with E-state index in [0.717, 1.165) is 23.6 Å². The molecule has 0 saturated heterocycles. The molecule has 1 atom stereocenters. The Bertz CT molecular complexity index is 955. The van der Waals surface area contributed by atoms with E-state index in [2.05, 4.69) is 52.6 Å². The van der Waals surface area contributed by atoms with Crippen LogP contribution >= 0.6 is 12.6 Å². The van der Waals surface area contributed by atoms with Gasteiger partial charge in [-0.05, 0) is 55.8 Å². The molecule has 0 saturated carbocycles. The van der Waals surface area contributed by atoms with E-state index in [0.29, 0.717) is 16.9 Å². The average Bonchev–Trinajstić information content (AvgIpc) is 2.81. The molecular formula is C25H30N4O2S. The molecule has 1 amide bonds. The molecular weight excluding hydrogens is 420 g/mol. The highest BCUT2D eigenvalue weighted by Crippen LogP contribution is 2.16. The number of nitrogens with one attached hydrogen (secondary N) is 2. The van der Waals surface area contributed by atoms with E-state index in [-0.39, 0.29) is 12.5 Å². The Morgan fingerprint density at radius 2 is 1.94 bits per heavy atom. The van der Waals surface area contributed by atoms with Crippen molar-refractivity contribution in [2.45, 2.75) is 11.3 Å². The first-order chi connectivity index (χ1) is 15.5. The third-order valence-corrected chi connectivity index (χ3v) is 4.84. The Kier molecular flexibility index (Phi) is 11.0. The number of hydrogen-bond acceptors (Lipinski definition) is 5. The summed E-state index contributed by atoms with van der Waals surface area (Å²) in [5, 5.41) is 5.94. The number of likely N-dealkylation sites (N-methyl/N-ethyl adjacent to an activating group) is 1. The van der Waals surface area contributed by atoms with Gasteiger partial charge in [-0.15, -0.1) is 12.6 Å². The summed E-state index contributed by atoms with van der Waals surface area (Å²) in [5.74, 6) is 0.564. The second-order valence-corrected chi connectivity index (χ2v) is 7.81.